The van der Waals surface area contributed by atoms with Gasteiger partial charge in [0.2, 0.25) is 0 Å². The van der Waals surface area contributed by atoms with Crippen LogP contribution in [-0.2, 0) is 4.74 Å². The Bertz CT molecular complexity index is 203. The Morgan fingerprint density at radius 3 is 2.24 bits per heavy atom. The van der Waals surface area contributed by atoms with Crippen LogP contribution in [0.5, 0.6) is 0 Å². The standard InChI is InChI=1S/C15H29NO/c1-12-6-5-7-13(2)15(12)16-10-11-17-14-8-3-4-9-14/h12-16H,3-11H2,1-2H3. The first-order valence-corrected chi connectivity index (χ1v) is 7.62. The van der Waals surface area contributed by atoms with Gasteiger partial charge in [-0.2, -0.15) is 0 Å². The maximum Gasteiger partial charge on any atom is 0.0594 e. The van der Waals surface area contributed by atoms with Gasteiger partial charge < -0.3 is 10.1 Å². The van der Waals surface area contributed by atoms with Gasteiger partial charge in [-0.05, 0) is 37.5 Å². The van der Waals surface area contributed by atoms with Crippen molar-refractivity contribution >= 4 is 0 Å². The van der Waals surface area contributed by atoms with E-state index in [9.17, 15) is 0 Å². The van der Waals surface area contributed by atoms with Gasteiger partial charge in [0.25, 0.3) is 0 Å². The Morgan fingerprint density at radius 2 is 1.59 bits per heavy atom. The Balaban J connectivity index is 1.59. The third-order valence-electron chi connectivity index (χ3n) is 4.68. The highest BCUT2D eigenvalue weighted by molar-refractivity contribution is 4.83. The van der Waals surface area contributed by atoms with Crippen molar-refractivity contribution in [3.63, 3.8) is 0 Å². The lowest BCUT2D eigenvalue weighted by molar-refractivity contribution is 0.0554. The zero-order valence-corrected chi connectivity index (χ0v) is 11.6. The van der Waals surface area contributed by atoms with Crippen LogP contribution in [0.15, 0.2) is 0 Å². The topological polar surface area (TPSA) is 21.3 Å². The molecule has 0 saturated heterocycles. The fourth-order valence-corrected chi connectivity index (χ4v) is 3.59. The quantitative estimate of drug-likeness (QED) is 0.743. The van der Waals surface area contributed by atoms with Crippen molar-refractivity contribution < 1.29 is 4.74 Å². The summed E-state index contributed by atoms with van der Waals surface area (Å²) in [4.78, 5) is 0. The van der Waals surface area contributed by atoms with Crippen molar-refractivity contribution in [1.82, 2.24) is 5.32 Å². The Morgan fingerprint density at radius 1 is 0.941 bits per heavy atom. The molecule has 0 heterocycles. The minimum atomic E-state index is 0.568. The summed E-state index contributed by atoms with van der Waals surface area (Å²) in [5.74, 6) is 1.68. The van der Waals surface area contributed by atoms with E-state index in [0.29, 0.717) is 6.10 Å². The van der Waals surface area contributed by atoms with Crippen LogP contribution in [0.2, 0.25) is 0 Å². The van der Waals surface area contributed by atoms with Crippen LogP contribution in [-0.4, -0.2) is 25.3 Å². The molecule has 100 valence electrons. The van der Waals surface area contributed by atoms with E-state index >= 15 is 0 Å². The van der Waals surface area contributed by atoms with Crippen LogP contribution in [0.25, 0.3) is 0 Å². The third kappa shape index (κ3) is 3.96. The summed E-state index contributed by atoms with van der Waals surface area (Å²) in [5.41, 5.74) is 0. The van der Waals surface area contributed by atoms with Crippen LogP contribution in [0.3, 0.4) is 0 Å². The Hall–Kier alpha value is -0.0800. The van der Waals surface area contributed by atoms with Crippen molar-refractivity contribution in [3.05, 3.63) is 0 Å². The molecule has 2 aliphatic rings. The fraction of sp³-hybridized carbons (Fsp3) is 1.00. The molecule has 2 heteroatoms. The molecule has 0 aromatic rings. The van der Waals surface area contributed by atoms with Gasteiger partial charge in [0.15, 0.2) is 0 Å². The van der Waals surface area contributed by atoms with Crippen molar-refractivity contribution in [1.29, 1.82) is 0 Å². The highest BCUT2D eigenvalue weighted by Crippen LogP contribution is 2.28. The lowest BCUT2D eigenvalue weighted by Gasteiger charge is -2.35. The molecule has 2 atom stereocenters. The normalized spacial score (nSPS) is 35.3. The van der Waals surface area contributed by atoms with Crippen LogP contribution in [0.1, 0.15) is 58.8 Å². The van der Waals surface area contributed by atoms with Crippen molar-refractivity contribution in [2.75, 3.05) is 13.2 Å². The number of hydrogen-bond donors (Lipinski definition) is 1. The molecule has 1 N–H and O–H groups in total. The van der Waals surface area contributed by atoms with Gasteiger partial charge >= 0.3 is 0 Å². The maximum atomic E-state index is 5.90. The van der Waals surface area contributed by atoms with E-state index in [-0.39, 0.29) is 0 Å². The summed E-state index contributed by atoms with van der Waals surface area (Å²) in [6, 6.07) is 0.718. The molecule has 2 fully saturated rings. The molecular formula is C15H29NO. The molecule has 0 aromatic heterocycles. The fourth-order valence-electron chi connectivity index (χ4n) is 3.59. The maximum absolute atomic E-state index is 5.90. The summed E-state index contributed by atoms with van der Waals surface area (Å²) in [7, 11) is 0. The first-order valence-electron chi connectivity index (χ1n) is 7.62. The van der Waals surface area contributed by atoms with Gasteiger partial charge in [-0.15, -0.1) is 0 Å². The molecule has 17 heavy (non-hydrogen) atoms. The molecule has 0 aliphatic heterocycles. The van der Waals surface area contributed by atoms with E-state index in [4.69, 9.17) is 4.74 Å². The highest BCUT2D eigenvalue weighted by Gasteiger charge is 2.26. The first-order chi connectivity index (χ1) is 8.27. The van der Waals surface area contributed by atoms with E-state index in [1.54, 1.807) is 0 Å². The molecule has 0 amide bonds. The second-order valence-electron chi connectivity index (χ2n) is 6.14. The average molecular weight is 239 g/mol. The zero-order valence-electron chi connectivity index (χ0n) is 11.6. The Labute approximate surface area is 107 Å². The molecule has 2 nitrogen and oxygen atoms in total. The van der Waals surface area contributed by atoms with Gasteiger partial charge in [0.1, 0.15) is 0 Å². The van der Waals surface area contributed by atoms with Gasteiger partial charge in [-0.3, -0.25) is 0 Å². The number of nitrogens with one attached hydrogen (secondary N) is 1. The number of hydrogen-bond acceptors (Lipinski definition) is 2. The number of ether oxygens (including phenoxy) is 1. The van der Waals surface area contributed by atoms with E-state index in [1.165, 1.54) is 44.9 Å². The smallest absolute Gasteiger partial charge is 0.0594 e. The summed E-state index contributed by atoms with van der Waals surface area (Å²) < 4.78 is 5.90. The molecule has 2 unspecified atom stereocenters. The SMILES string of the molecule is CC1CCCC(C)C1NCCOC1CCCC1. The lowest BCUT2D eigenvalue weighted by atomic mass is 9.79. The summed E-state index contributed by atoms with van der Waals surface area (Å²) >= 11 is 0. The van der Waals surface area contributed by atoms with Gasteiger partial charge in [0.05, 0.1) is 12.7 Å². The Kier molecular flexibility index (Phi) is 5.30. The van der Waals surface area contributed by atoms with E-state index in [0.717, 1.165) is 31.0 Å². The predicted molar refractivity (Wildman–Crippen MR) is 72.2 cm³/mol. The molecular weight excluding hydrogens is 210 g/mol. The molecule has 0 radical (unpaired) electrons. The summed E-state index contributed by atoms with van der Waals surface area (Å²) in [6.45, 7) is 6.73. The second-order valence-corrected chi connectivity index (χ2v) is 6.14. The van der Waals surface area contributed by atoms with Crippen LogP contribution in [0.4, 0.5) is 0 Å². The average Bonchev–Trinajstić information content (AvgIpc) is 2.80. The minimum Gasteiger partial charge on any atom is -0.377 e. The minimum absolute atomic E-state index is 0.568. The molecule has 2 rings (SSSR count). The van der Waals surface area contributed by atoms with Crippen LogP contribution in [0, 0.1) is 11.8 Å². The van der Waals surface area contributed by atoms with Gasteiger partial charge in [-0.25, -0.2) is 0 Å². The predicted octanol–water partition coefficient (Wildman–Crippen LogP) is 3.36. The van der Waals surface area contributed by atoms with Gasteiger partial charge in [0, 0.05) is 12.6 Å². The first kappa shape index (κ1) is 13.4. The van der Waals surface area contributed by atoms with E-state index < -0.39 is 0 Å². The van der Waals surface area contributed by atoms with Crippen molar-refractivity contribution in [3.8, 4) is 0 Å². The summed E-state index contributed by atoms with van der Waals surface area (Å²) in [6.07, 6.45) is 10.1. The second kappa shape index (κ2) is 6.75. The third-order valence-corrected chi connectivity index (χ3v) is 4.68. The zero-order chi connectivity index (χ0) is 12.1. The van der Waals surface area contributed by atoms with E-state index in [2.05, 4.69) is 19.2 Å². The molecule has 2 aliphatic carbocycles. The number of rotatable bonds is 5. The van der Waals surface area contributed by atoms with Crippen molar-refractivity contribution in [2.24, 2.45) is 11.8 Å². The molecule has 0 bridgehead atoms. The monoisotopic (exact) mass is 239 g/mol. The lowest BCUT2D eigenvalue weighted by Crippen LogP contribution is -2.44. The molecule has 2 saturated carbocycles. The summed E-state index contributed by atoms with van der Waals surface area (Å²) in [5, 5.41) is 3.72. The van der Waals surface area contributed by atoms with Gasteiger partial charge in [-0.1, -0.05) is 33.1 Å². The highest BCUT2D eigenvalue weighted by atomic mass is 16.5. The molecule has 0 aromatic carbocycles. The molecule has 0 spiro atoms. The van der Waals surface area contributed by atoms with Crippen molar-refractivity contribution in [2.45, 2.75) is 70.9 Å². The van der Waals surface area contributed by atoms with Crippen LogP contribution >= 0.6 is 0 Å². The van der Waals surface area contributed by atoms with E-state index in [1.807, 2.05) is 0 Å². The largest absolute Gasteiger partial charge is 0.377 e. The van der Waals surface area contributed by atoms with Crippen LogP contribution < -0.4 is 5.32 Å².